The number of carbonyl (C=O) groups is 2. The molecule has 8 nitrogen and oxygen atoms in total. The number of anilines is 1. The van der Waals surface area contributed by atoms with Crippen molar-refractivity contribution in [2.45, 2.75) is 25.3 Å². The average Bonchev–Trinajstić information content (AvgIpc) is 3.34. The van der Waals surface area contributed by atoms with Gasteiger partial charge in [0.05, 0.1) is 7.11 Å². The molecule has 0 saturated carbocycles. The van der Waals surface area contributed by atoms with Crippen molar-refractivity contribution >= 4 is 29.0 Å². The topological polar surface area (TPSA) is 96.4 Å². The fourth-order valence-corrected chi connectivity index (χ4v) is 4.50. The van der Waals surface area contributed by atoms with Crippen molar-refractivity contribution in [2.75, 3.05) is 25.5 Å². The van der Waals surface area contributed by atoms with Gasteiger partial charge >= 0.3 is 6.03 Å². The van der Waals surface area contributed by atoms with Gasteiger partial charge in [-0.3, -0.25) is 4.79 Å². The molecule has 2 aromatic carbocycles. The zero-order chi connectivity index (χ0) is 22.3. The van der Waals surface area contributed by atoms with Crippen molar-refractivity contribution in [1.82, 2.24) is 20.4 Å². The van der Waals surface area contributed by atoms with Crippen molar-refractivity contribution in [3.63, 3.8) is 0 Å². The van der Waals surface area contributed by atoms with Crippen molar-refractivity contribution in [3.8, 4) is 5.75 Å². The minimum absolute atomic E-state index is 0.0714. The van der Waals surface area contributed by atoms with Gasteiger partial charge in [-0.2, -0.15) is 0 Å². The molecule has 3 amide bonds. The van der Waals surface area contributed by atoms with Gasteiger partial charge in [0.1, 0.15) is 10.8 Å². The molecule has 9 heteroatoms. The maximum absolute atomic E-state index is 12.7. The molecular formula is C23H25N5O3S. The third-order valence-electron chi connectivity index (χ3n) is 5.30. The van der Waals surface area contributed by atoms with Gasteiger partial charge in [-0.25, -0.2) is 4.79 Å². The molecule has 0 aliphatic carbocycles. The predicted molar refractivity (Wildman–Crippen MR) is 123 cm³/mol. The van der Waals surface area contributed by atoms with Crippen LogP contribution in [-0.4, -0.2) is 47.2 Å². The highest BCUT2D eigenvalue weighted by Crippen LogP contribution is 2.29. The average molecular weight is 452 g/mol. The Kier molecular flexibility index (Phi) is 6.96. The molecular weight excluding hydrogens is 426 g/mol. The van der Waals surface area contributed by atoms with Gasteiger partial charge in [-0.1, -0.05) is 41.7 Å². The molecule has 1 fully saturated rings. The molecule has 0 radical (unpaired) electrons. The first-order valence-electron chi connectivity index (χ1n) is 10.5. The molecule has 4 rings (SSSR count). The van der Waals surface area contributed by atoms with E-state index in [0.29, 0.717) is 30.3 Å². The zero-order valence-corrected chi connectivity index (χ0v) is 18.6. The molecule has 3 aromatic rings. The van der Waals surface area contributed by atoms with Crippen molar-refractivity contribution in [1.29, 1.82) is 0 Å². The zero-order valence-electron chi connectivity index (χ0n) is 17.8. The number of aromatic nitrogens is 2. The summed E-state index contributed by atoms with van der Waals surface area (Å²) >= 11 is 1.29. The number of hydrogen-bond donors (Lipinski definition) is 2. The van der Waals surface area contributed by atoms with E-state index in [0.717, 1.165) is 29.2 Å². The van der Waals surface area contributed by atoms with E-state index >= 15 is 0 Å². The number of ether oxygens (including phenoxy) is 1. The predicted octanol–water partition coefficient (Wildman–Crippen LogP) is 3.89. The number of urea groups is 1. The summed E-state index contributed by atoms with van der Waals surface area (Å²) in [5.41, 5.74) is 1.69. The third-order valence-corrected chi connectivity index (χ3v) is 6.39. The second-order valence-corrected chi connectivity index (χ2v) is 8.57. The van der Waals surface area contributed by atoms with Crippen LogP contribution in [0.2, 0.25) is 0 Å². The summed E-state index contributed by atoms with van der Waals surface area (Å²) in [5.74, 6) is 0.559. The summed E-state index contributed by atoms with van der Waals surface area (Å²) in [4.78, 5) is 27.0. The van der Waals surface area contributed by atoms with Gasteiger partial charge in [0.25, 0.3) is 5.91 Å². The summed E-state index contributed by atoms with van der Waals surface area (Å²) in [6, 6.07) is 16.8. The largest absolute Gasteiger partial charge is 0.497 e. The van der Waals surface area contributed by atoms with E-state index in [2.05, 4.69) is 20.8 Å². The Morgan fingerprint density at radius 2 is 2.00 bits per heavy atom. The fraction of sp³-hybridized carbons (Fsp3) is 0.304. The highest BCUT2D eigenvalue weighted by molar-refractivity contribution is 7.13. The molecule has 1 aliphatic rings. The van der Waals surface area contributed by atoms with Crippen molar-refractivity contribution in [3.05, 3.63) is 70.2 Å². The SMILES string of the molecule is COc1cccc(CNC(=O)N2CCC[C@@H](c3nnc(C(=O)Nc4ccccc4)s3)C2)c1. The molecule has 1 aliphatic heterocycles. The number of carbonyl (C=O) groups excluding carboxylic acids is 2. The standard InChI is InChI=1S/C23H25N5O3S/c1-31-19-11-5-7-16(13-19)14-24-23(30)28-12-6-8-17(15-28)21-26-27-22(32-21)20(29)25-18-9-3-2-4-10-18/h2-5,7,9-11,13,17H,6,8,12,14-15H2,1H3,(H,24,30)(H,25,29)/t17-/m1/s1. The number of benzene rings is 2. The first kappa shape index (κ1) is 21.8. The van der Waals surface area contributed by atoms with E-state index in [1.807, 2.05) is 54.6 Å². The van der Waals surface area contributed by atoms with Crippen LogP contribution < -0.4 is 15.4 Å². The van der Waals surface area contributed by atoms with Crippen molar-refractivity contribution < 1.29 is 14.3 Å². The lowest BCUT2D eigenvalue weighted by molar-refractivity contribution is 0.102. The van der Waals surface area contributed by atoms with Gasteiger partial charge in [0, 0.05) is 31.2 Å². The summed E-state index contributed by atoms with van der Waals surface area (Å²) in [7, 11) is 1.62. The Morgan fingerprint density at radius 3 is 2.81 bits per heavy atom. The number of piperidine rings is 1. The quantitative estimate of drug-likeness (QED) is 0.593. The van der Waals surface area contributed by atoms with Crippen LogP contribution in [-0.2, 0) is 6.54 Å². The maximum Gasteiger partial charge on any atom is 0.317 e. The number of methoxy groups -OCH3 is 1. The second kappa shape index (κ2) is 10.2. The smallest absolute Gasteiger partial charge is 0.317 e. The molecule has 0 unspecified atom stereocenters. The van der Waals surface area contributed by atoms with Gasteiger partial charge in [-0.05, 0) is 42.7 Å². The minimum atomic E-state index is -0.274. The lowest BCUT2D eigenvalue weighted by Gasteiger charge is -2.31. The first-order chi connectivity index (χ1) is 15.6. The molecule has 166 valence electrons. The summed E-state index contributed by atoms with van der Waals surface area (Å²) < 4.78 is 5.23. The summed E-state index contributed by atoms with van der Waals surface area (Å²) in [5, 5.41) is 15.2. The molecule has 2 heterocycles. The molecule has 0 bridgehead atoms. The number of amides is 3. The molecule has 1 saturated heterocycles. The van der Waals surface area contributed by atoms with Crippen LogP contribution in [0.25, 0.3) is 0 Å². The Bertz CT molecular complexity index is 1070. The van der Waals surface area contributed by atoms with E-state index in [1.165, 1.54) is 11.3 Å². The third kappa shape index (κ3) is 5.42. The number of para-hydroxylation sites is 1. The molecule has 2 N–H and O–H groups in total. The number of nitrogens with one attached hydrogen (secondary N) is 2. The van der Waals surface area contributed by atoms with E-state index < -0.39 is 0 Å². The van der Waals surface area contributed by atoms with Crippen LogP contribution in [0, 0.1) is 0 Å². The Morgan fingerprint density at radius 1 is 1.16 bits per heavy atom. The normalized spacial score (nSPS) is 15.8. The molecule has 32 heavy (non-hydrogen) atoms. The van der Waals surface area contributed by atoms with Gasteiger partial charge in [0.15, 0.2) is 0 Å². The van der Waals surface area contributed by atoms with Crippen LogP contribution in [0.1, 0.15) is 39.1 Å². The van der Waals surface area contributed by atoms with Crippen molar-refractivity contribution in [2.24, 2.45) is 0 Å². The Balaban J connectivity index is 1.33. The maximum atomic E-state index is 12.7. The first-order valence-corrected chi connectivity index (χ1v) is 11.3. The van der Waals surface area contributed by atoms with E-state index in [1.54, 1.807) is 12.0 Å². The monoisotopic (exact) mass is 451 g/mol. The van der Waals surface area contributed by atoms with Gasteiger partial charge < -0.3 is 20.3 Å². The molecule has 1 atom stereocenters. The Hall–Kier alpha value is -3.46. The number of likely N-dealkylation sites (tertiary alicyclic amines) is 1. The number of rotatable bonds is 6. The van der Waals surface area contributed by atoms with Crippen LogP contribution in [0.3, 0.4) is 0 Å². The van der Waals surface area contributed by atoms with Crippen LogP contribution in [0.5, 0.6) is 5.75 Å². The number of hydrogen-bond acceptors (Lipinski definition) is 6. The summed E-state index contributed by atoms with van der Waals surface area (Å²) in [6.07, 6.45) is 1.79. The molecule has 0 spiro atoms. The van der Waals surface area contributed by atoms with E-state index in [4.69, 9.17) is 4.74 Å². The fourth-order valence-electron chi connectivity index (χ4n) is 3.63. The Labute approximate surface area is 190 Å². The summed E-state index contributed by atoms with van der Waals surface area (Å²) in [6.45, 7) is 1.68. The van der Waals surface area contributed by atoms with Gasteiger partial charge in [-0.15, -0.1) is 10.2 Å². The van der Waals surface area contributed by atoms with Gasteiger partial charge in [0.2, 0.25) is 5.01 Å². The van der Waals surface area contributed by atoms with Crippen LogP contribution in [0.15, 0.2) is 54.6 Å². The number of nitrogens with zero attached hydrogens (tertiary/aromatic N) is 3. The minimum Gasteiger partial charge on any atom is -0.497 e. The molecule has 1 aromatic heterocycles. The van der Waals surface area contributed by atoms with E-state index in [-0.39, 0.29) is 17.9 Å². The second-order valence-electron chi connectivity index (χ2n) is 7.56. The lowest BCUT2D eigenvalue weighted by Crippen LogP contribution is -2.44. The lowest BCUT2D eigenvalue weighted by atomic mass is 9.99. The van der Waals surface area contributed by atoms with Crippen LogP contribution >= 0.6 is 11.3 Å². The van der Waals surface area contributed by atoms with E-state index in [9.17, 15) is 9.59 Å². The van der Waals surface area contributed by atoms with Crippen LogP contribution in [0.4, 0.5) is 10.5 Å². The highest BCUT2D eigenvalue weighted by Gasteiger charge is 2.28. The highest BCUT2D eigenvalue weighted by atomic mass is 32.1.